The summed E-state index contributed by atoms with van der Waals surface area (Å²) in [5.41, 5.74) is 0. The molecule has 1 rings (SSSR count). The zero-order valence-electron chi connectivity index (χ0n) is 10.00. The van der Waals surface area contributed by atoms with E-state index in [0.717, 1.165) is 0 Å². The van der Waals surface area contributed by atoms with Crippen molar-refractivity contribution in [3.05, 3.63) is 30.9 Å². The second-order valence-corrected chi connectivity index (χ2v) is 3.37. The van der Waals surface area contributed by atoms with Crippen LogP contribution >= 0.6 is 0 Å². The van der Waals surface area contributed by atoms with Crippen molar-refractivity contribution in [2.45, 2.75) is 19.5 Å². The highest BCUT2D eigenvalue weighted by Gasteiger charge is 2.26. The third-order valence-electron chi connectivity index (χ3n) is 2.19. The van der Waals surface area contributed by atoms with Gasteiger partial charge >= 0.3 is 12.1 Å². The number of ether oxygens (including phenoxy) is 1. The predicted molar refractivity (Wildman–Crippen MR) is 63.0 cm³/mol. The van der Waals surface area contributed by atoms with Crippen LogP contribution in [0.2, 0.25) is 0 Å². The summed E-state index contributed by atoms with van der Waals surface area (Å²) in [5, 5.41) is 11.3. The maximum Gasteiger partial charge on any atom is 0.408 e. The van der Waals surface area contributed by atoms with E-state index in [9.17, 15) is 9.59 Å². The lowest BCUT2D eigenvalue weighted by Gasteiger charge is -2.14. The highest BCUT2D eigenvalue weighted by atomic mass is 16.5. The number of carboxylic acid groups (broad SMARTS) is 1. The number of imidazole rings is 1. The molecule has 7 nitrogen and oxygen atoms in total. The fraction of sp³-hybridized carbons (Fsp3) is 0.364. The van der Waals surface area contributed by atoms with Gasteiger partial charge in [-0.05, 0) is 6.92 Å². The van der Waals surface area contributed by atoms with Crippen molar-refractivity contribution < 1.29 is 19.4 Å². The van der Waals surface area contributed by atoms with Gasteiger partial charge in [-0.1, -0.05) is 12.7 Å². The first kappa shape index (κ1) is 13.8. The molecule has 0 bridgehead atoms. The average Bonchev–Trinajstić information content (AvgIpc) is 2.80. The molecule has 0 aliphatic rings. The van der Waals surface area contributed by atoms with Gasteiger partial charge in [0.15, 0.2) is 6.04 Å². The van der Waals surface area contributed by atoms with E-state index in [1.54, 1.807) is 10.8 Å². The lowest BCUT2D eigenvalue weighted by Crippen LogP contribution is -2.36. The largest absolute Gasteiger partial charge is 0.479 e. The fourth-order valence-electron chi connectivity index (χ4n) is 1.38. The van der Waals surface area contributed by atoms with Crippen molar-refractivity contribution in [2.75, 3.05) is 6.61 Å². The van der Waals surface area contributed by atoms with Crippen LogP contribution in [0.3, 0.4) is 0 Å². The summed E-state index contributed by atoms with van der Waals surface area (Å²) in [6, 6.07) is -1.24. The van der Waals surface area contributed by atoms with Gasteiger partial charge < -0.3 is 19.7 Å². The third-order valence-corrected chi connectivity index (χ3v) is 2.19. The van der Waals surface area contributed by atoms with Crippen molar-refractivity contribution in [3.63, 3.8) is 0 Å². The number of nitrogens with one attached hydrogen (secondary N) is 1. The number of carbonyl (C=O) groups is 2. The van der Waals surface area contributed by atoms with Gasteiger partial charge in [-0.25, -0.2) is 14.6 Å². The highest BCUT2D eigenvalue weighted by molar-refractivity contribution is 5.80. The number of hydrogen-bond acceptors (Lipinski definition) is 4. The van der Waals surface area contributed by atoms with Crippen molar-refractivity contribution in [1.82, 2.24) is 14.9 Å². The Labute approximate surface area is 104 Å². The molecule has 0 fully saturated rings. The summed E-state index contributed by atoms with van der Waals surface area (Å²) in [4.78, 5) is 26.4. The van der Waals surface area contributed by atoms with Crippen LogP contribution in [0.25, 0.3) is 0 Å². The molecule has 1 unspecified atom stereocenters. The molecular weight excluding hydrogens is 238 g/mol. The fourth-order valence-corrected chi connectivity index (χ4v) is 1.38. The van der Waals surface area contributed by atoms with Crippen LogP contribution in [0.15, 0.2) is 25.0 Å². The number of aryl methyl sites for hydroxylation is 1. The van der Waals surface area contributed by atoms with E-state index in [2.05, 4.69) is 21.6 Å². The molecule has 1 amide bonds. The Kier molecular flexibility index (Phi) is 4.91. The molecule has 0 aliphatic heterocycles. The van der Waals surface area contributed by atoms with Crippen molar-refractivity contribution in [2.24, 2.45) is 0 Å². The van der Waals surface area contributed by atoms with E-state index < -0.39 is 18.1 Å². The number of hydrogen-bond donors (Lipinski definition) is 2. The number of carbonyl (C=O) groups excluding carboxylic acids is 1. The molecule has 0 radical (unpaired) electrons. The lowest BCUT2D eigenvalue weighted by molar-refractivity contribution is -0.139. The van der Waals surface area contributed by atoms with Crippen LogP contribution < -0.4 is 5.32 Å². The minimum Gasteiger partial charge on any atom is -0.479 e. The van der Waals surface area contributed by atoms with Crippen LogP contribution in [-0.2, 0) is 16.1 Å². The first-order valence-corrected chi connectivity index (χ1v) is 5.38. The summed E-state index contributed by atoms with van der Waals surface area (Å²) in [5.74, 6) is -0.952. The quantitative estimate of drug-likeness (QED) is 0.736. The zero-order valence-corrected chi connectivity index (χ0v) is 10.00. The summed E-state index contributed by atoms with van der Waals surface area (Å²) >= 11 is 0. The van der Waals surface area contributed by atoms with Gasteiger partial charge in [-0.2, -0.15) is 0 Å². The Morgan fingerprint density at radius 3 is 3.00 bits per heavy atom. The molecule has 7 heteroatoms. The Morgan fingerprint density at radius 1 is 1.72 bits per heavy atom. The monoisotopic (exact) mass is 253 g/mol. The number of rotatable bonds is 6. The predicted octanol–water partition coefficient (Wildman–Crippen LogP) is 0.941. The number of aliphatic carboxylic acids is 1. The SMILES string of the molecule is C=CCOC(=O)NC(C(=O)O)c1nccn1CC. The summed E-state index contributed by atoms with van der Waals surface area (Å²) in [7, 11) is 0. The normalized spacial score (nSPS) is 11.6. The summed E-state index contributed by atoms with van der Waals surface area (Å²) < 4.78 is 6.31. The summed E-state index contributed by atoms with van der Waals surface area (Å²) in [6.45, 7) is 5.81. The molecule has 1 atom stereocenters. The molecule has 0 saturated heterocycles. The average molecular weight is 253 g/mol. The maximum atomic E-state index is 11.3. The zero-order chi connectivity index (χ0) is 13.5. The standard InChI is InChI=1S/C11H15N3O4/c1-3-7-18-11(17)13-8(10(15)16)9-12-5-6-14(9)4-2/h3,5-6,8H,1,4,7H2,2H3,(H,13,17)(H,15,16). The maximum absolute atomic E-state index is 11.3. The van der Waals surface area contributed by atoms with Gasteiger partial charge in [0.2, 0.25) is 0 Å². The van der Waals surface area contributed by atoms with Crippen LogP contribution in [0.4, 0.5) is 4.79 Å². The Bertz CT molecular complexity index is 441. The van der Waals surface area contributed by atoms with E-state index in [-0.39, 0.29) is 12.4 Å². The van der Waals surface area contributed by atoms with Crippen molar-refractivity contribution in [3.8, 4) is 0 Å². The Hall–Kier alpha value is -2.31. The summed E-state index contributed by atoms with van der Waals surface area (Å²) in [6.07, 6.45) is 3.68. The first-order valence-electron chi connectivity index (χ1n) is 5.38. The van der Waals surface area contributed by atoms with Gasteiger partial charge in [0, 0.05) is 18.9 Å². The topological polar surface area (TPSA) is 93.4 Å². The molecule has 0 aliphatic carbocycles. The van der Waals surface area contributed by atoms with E-state index in [0.29, 0.717) is 6.54 Å². The Balaban J connectivity index is 2.80. The van der Waals surface area contributed by atoms with Gasteiger partial charge in [0.25, 0.3) is 0 Å². The van der Waals surface area contributed by atoms with Gasteiger partial charge in [-0.15, -0.1) is 0 Å². The number of carboxylic acids is 1. The molecule has 18 heavy (non-hydrogen) atoms. The minimum absolute atomic E-state index is 0.0143. The number of aromatic nitrogens is 2. The van der Waals surface area contributed by atoms with E-state index >= 15 is 0 Å². The van der Waals surface area contributed by atoms with Crippen molar-refractivity contribution >= 4 is 12.1 Å². The van der Waals surface area contributed by atoms with Crippen molar-refractivity contribution in [1.29, 1.82) is 0 Å². The minimum atomic E-state index is -1.24. The molecule has 1 aromatic heterocycles. The van der Waals surface area contributed by atoms with Gasteiger partial charge in [0.05, 0.1) is 0 Å². The van der Waals surface area contributed by atoms with Crippen LogP contribution in [0.1, 0.15) is 18.8 Å². The molecule has 0 spiro atoms. The lowest BCUT2D eigenvalue weighted by atomic mass is 10.3. The van der Waals surface area contributed by atoms with E-state index in [1.165, 1.54) is 12.3 Å². The molecular formula is C11H15N3O4. The molecule has 0 saturated carbocycles. The number of nitrogens with zero attached hydrogens (tertiary/aromatic N) is 2. The van der Waals surface area contributed by atoms with Gasteiger partial charge in [-0.3, -0.25) is 0 Å². The van der Waals surface area contributed by atoms with Gasteiger partial charge in [0.1, 0.15) is 12.4 Å². The number of amides is 1. The first-order chi connectivity index (χ1) is 8.60. The molecule has 2 N–H and O–H groups in total. The molecule has 0 aromatic carbocycles. The second kappa shape index (κ2) is 6.43. The van der Waals surface area contributed by atoms with Crippen LogP contribution in [0, 0.1) is 0 Å². The van der Waals surface area contributed by atoms with E-state index in [4.69, 9.17) is 5.11 Å². The number of alkyl carbamates (subject to hydrolysis) is 1. The second-order valence-electron chi connectivity index (χ2n) is 3.37. The molecule has 98 valence electrons. The third kappa shape index (κ3) is 3.34. The Morgan fingerprint density at radius 2 is 2.44 bits per heavy atom. The molecule has 1 heterocycles. The highest BCUT2D eigenvalue weighted by Crippen LogP contribution is 2.11. The smallest absolute Gasteiger partial charge is 0.408 e. The van der Waals surface area contributed by atoms with E-state index in [1.807, 2.05) is 6.92 Å². The van der Waals surface area contributed by atoms with Crippen LogP contribution in [0.5, 0.6) is 0 Å². The molecule has 1 aromatic rings. The van der Waals surface area contributed by atoms with Crippen LogP contribution in [-0.4, -0.2) is 33.3 Å².